The summed E-state index contributed by atoms with van der Waals surface area (Å²) < 4.78 is 0.963. The number of nitrogens with one attached hydrogen (secondary N) is 1. The van der Waals surface area contributed by atoms with Gasteiger partial charge in [0.05, 0.1) is 5.60 Å². The molecule has 1 aromatic carbocycles. The molecule has 0 heterocycles. The van der Waals surface area contributed by atoms with Crippen molar-refractivity contribution in [1.29, 1.82) is 0 Å². The van der Waals surface area contributed by atoms with Crippen LogP contribution in [0.2, 0.25) is 0 Å². The molecule has 0 unspecified atom stereocenters. The minimum atomic E-state index is -0.756. The van der Waals surface area contributed by atoms with E-state index >= 15 is 0 Å². The summed E-state index contributed by atoms with van der Waals surface area (Å²) in [6.45, 7) is 6.71. The average Bonchev–Trinajstić information content (AvgIpc) is 2.40. The molecule has 1 aliphatic rings. The van der Waals surface area contributed by atoms with Crippen LogP contribution < -0.4 is 5.32 Å². The highest BCUT2D eigenvalue weighted by Gasteiger charge is 2.36. The number of aliphatic hydroxyl groups is 1. The Hall–Kier alpha value is -0.870. The van der Waals surface area contributed by atoms with E-state index in [4.69, 9.17) is 0 Å². The number of aryl methyl sites for hydroxylation is 1. The summed E-state index contributed by atoms with van der Waals surface area (Å²) in [5.41, 5.74) is 1.14. The number of benzene rings is 1. The summed E-state index contributed by atoms with van der Waals surface area (Å²) in [5, 5.41) is 13.5. The van der Waals surface area contributed by atoms with E-state index in [0.717, 1.165) is 35.7 Å². The van der Waals surface area contributed by atoms with Gasteiger partial charge >= 0.3 is 0 Å². The van der Waals surface area contributed by atoms with E-state index in [-0.39, 0.29) is 5.91 Å². The van der Waals surface area contributed by atoms with Crippen LogP contribution in [0, 0.1) is 12.3 Å². The smallest absolute Gasteiger partial charge is 0.251 e. The highest BCUT2D eigenvalue weighted by atomic mass is 79.9. The Balaban J connectivity index is 1.95. The lowest BCUT2D eigenvalue weighted by molar-refractivity contribution is -0.0233. The Kier molecular flexibility index (Phi) is 4.79. The van der Waals surface area contributed by atoms with Crippen LogP contribution >= 0.6 is 15.9 Å². The third kappa shape index (κ3) is 4.30. The molecule has 0 atom stereocenters. The monoisotopic (exact) mass is 353 g/mol. The zero-order valence-corrected chi connectivity index (χ0v) is 14.6. The summed E-state index contributed by atoms with van der Waals surface area (Å²) in [7, 11) is 0. The molecule has 0 bridgehead atoms. The Morgan fingerprint density at radius 2 is 1.90 bits per heavy atom. The summed E-state index contributed by atoms with van der Waals surface area (Å²) in [6.07, 6.45) is 3.49. The van der Waals surface area contributed by atoms with Crippen molar-refractivity contribution >= 4 is 21.8 Å². The van der Waals surface area contributed by atoms with E-state index < -0.39 is 5.60 Å². The van der Waals surface area contributed by atoms with E-state index in [1.807, 2.05) is 25.1 Å². The maximum absolute atomic E-state index is 12.3. The minimum absolute atomic E-state index is 0.113. The predicted molar refractivity (Wildman–Crippen MR) is 88.4 cm³/mol. The van der Waals surface area contributed by atoms with Gasteiger partial charge in [-0.15, -0.1) is 0 Å². The molecule has 4 heteroatoms. The van der Waals surface area contributed by atoms with Crippen molar-refractivity contribution < 1.29 is 9.90 Å². The highest BCUT2D eigenvalue weighted by Crippen LogP contribution is 2.39. The summed E-state index contributed by atoms with van der Waals surface area (Å²) in [6, 6.07) is 5.59. The van der Waals surface area contributed by atoms with Gasteiger partial charge in [0, 0.05) is 16.6 Å². The van der Waals surface area contributed by atoms with Crippen molar-refractivity contribution in [2.75, 3.05) is 6.54 Å². The van der Waals surface area contributed by atoms with Gasteiger partial charge in [-0.1, -0.05) is 29.8 Å². The molecular formula is C17H24BrNO2. The van der Waals surface area contributed by atoms with Gasteiger partial charge in [0.2, 0.25) is 0 Å². The average molecular weight is 354 g/mol. The number of hydrogen-bond acceptors (Lipinski definition) is 2. The number of amides is 1. The van der Waals surface area contributed by atoms with Crippen LogP contribution in [-0.4, -0.2) is 23.2 Å². The Morgan fingerprint density at radius 1 is 1.29 bits per heavy atom. The predicted octanol–water partition coefficient (Wildman–Crippen LogP) is 3.82. The second kappa shape index (κ2) is 6.09. The normalized spacial score (nSPS) is 20.0. The molecule has 21 heavy (non-hydrogen) atoms. The second-order valence-electron chi connectivity index (χ2n) is 7.03. The quantitative estimate of drug-likeness (QED) is 0.867. The van der Waals surface area contributed by atoms with Crippen molar-refractivity contribution in [3.63, 3.8) is 0 Å². The molecule has 116 valence electrons. The van der Waals surface area contributed by atoms with Crippen LogP contribution in [0.5, 0.6) is 0 Å². The van der Waals surface area contributed by atoms with Gasteiger partial charge in [0.25, 0.3) is 5.91 Å². The maximum atomic E-state index is 12.3. The Labute approximate surface area is 135 Å². The molecule has 0 radical (unpaired) electrons. The van der Waals surface area contributed by atoms with Gasteiger partial charge in [-0.2, -0.15) is 0 Å². The Bertz CT molecular complexity index is 530. The topological polar surface area (TPSA) is 49.3 Å². The van der Waals surface area contributed by atoms with E-state index in [2.05, 4.69) is 35.1 Å². The lowest BCUT2D eigenvalue weighted by Crippen LogP contribution is -2.46. The molecule has 1 aromatic rings. The first-order chi connectivity index (χ1) is 9.71. The summed E-state index contributed by atoms with van der Waals surface area (Å²) in [4.78, 5) is 12.3. The molecule has 0 aromatic heterocycles. The van der Waals surface area contributed by atoms with Crippen LogP contribution in [0.4, 0.5) is 0 Å². The van der Waals surface area contributed by atoms with Gasteiger partial charge < -0.3 is 10.4 Å². The molecule has 0 saturated heterocycles. The molecule has 1 saturated carbocycles. The molecule has 1 amide bonds. The van der Waals surface area contributed by atoms with E-state index in [0.29, 0.717) is 17.5 Å². The highest BCUT2D eigenvalue weighted by molar-refractivity contribution is 9.10. The molecule has 3 nitrogen and oxygen atoms in total. The molecule has 1 aliphatic carbocycles. The van der Waals surface area contributed by atoms with Crippen molar-refractivity contribution in [2.45, 2.75) is 52.1 Å². The van der Waals surface area contributed by atoms with Gasteiger partial charge in [-0.3, -0.25) is 4.79 Å². The molecule has 2 rings (SSSR count). The van der Waals surface area contributed by atoms with E-state index in [1.54, 1.807) is 0 Å². The number of carbonyl (C=O) groups is 1. The number of hydrogen-bond donors (Lipinski definition) is 2. The molecule has 0 aliphatic heterocycles. The van der Waals surface area contributed by atoms with Crippen molar-refractivity contribution in [2.24, 2.45) is 5.41 Å². The van der Waals surface area contributed by atoms with Crippen LogP contribution in [0.15, 0.2) is 22.7 Å². The zero-order valence-electron chi connectivity index (χ0n) is 13.0. The lowest BCUT2D eigenvalue weighted by Gasteiger charge is -2.40. The second-order valence-corrected chi connectivity index (χ2v) is 7.95. The first kappa shape index (κ1) is 16.5. The number of halogens is 1. The van der Waals surface area contributed by atoms with Crippen molar-refractivity contribution in [3.05, 3.63) is 33.8 Å². The Morgan fingerprint density at radius 3 is 2.48 bits per heavy atom. The first-order valence-corrected chi connectivity index (χ1v) is 8.27. The van der Waals surface area contributed by atoms with Crippen LogP contribution in [0.1, 0.15) is 55.5 Å². The van der Waals surface area contributed by atoms with Gasteiger partial charge in [0.15, 0.2) is 0 Å². The third-order valence-corrected chi connectivity index (χ3v) is 5.04. The minimum Gasteiger partial charge on any atom is -0.388 e. The third-order valence-electron chi connectivity index (χ3n) is 4.55. The fourth-order valence-corrected chi connectivity index (χ4v) is 3.27. The molecule has 0 spiro atoms. The fraction of sp³-hybridized carbons (Fsp3) is 0.588. The number of carbonyl (C=O) groups excluding carboxylic acids is 1. The summed E-state index contributed by atoms with van der Waals surface area (Å²) >= 11 is 3.39. The van der Waals surface area contributed by atoms with Crippen LogP contribution in [-0.2, 0) is 0 Å². The fourth-order valence-electron chi connectivity index (χ4n) is 2.79. The SMILES string of the molecule is Cc1cc(Br)ccc1C(=O)NCC1(O)CCC(C)(C)CC1. The molecule has 1 fully saturated rings. The zero-order chi connectivity index (χ0) is 15.7. The molecular weight excluding hydrogens is 330 g/mol. The molecule has 2 N–H and O–H groups in total. The van der Waals surface area contributed by atoms with Crippen molar-refractivity contribution in [3.8, 4) is 0 Å². The van der Waals surface area contributed by atoms with Gasteiger partial charge in [-0.25, -0.2) is 0 Å². The summed E-state index contributed by atoms with van der Waals surface area (Å²) in [5.74, 6) is -0.113. The maximum Gasteiger partial charge on any atom is 0.251 e. The first-order valence-electron chi connectivity index (χ1n) is 7.48. The van der Waals surface area contributed by atoms with Crippen molar-refractivity contribution in [1.82, 2.24) is 5.32 Å². The van der Waals surface area contributed by atoms with Gasteiger partial charge in [0.1, 0.15) is 0 Å². The number of rotatable bonds is 3. The van der Waals surface area contributed by atoms with Crippen LogP contribution in [0.25, 0.3) is 0 Å². The van der Waals surface area contributed by atoms with Crippen LogP contribution in [0.3, 0.4) is 0 Å². The van der Waals surface area contributed by atoms with E-state index in [1.165, 1.54) is 0 Å². The largest absolute Gasteiger partial charge is 0.388 e. The lowest BCUT2D eigenvalue weighted by atomic mass is 9.71. The standard InChI is InChI=1S/C17H24BrNO2/c1-12-10-13(18)4-5-14(12)15(20)19-11-17(21)8-6-16(2,3)7-9-17/h4-5,10,21H,6-9,11H2,1-3H3,(H,19,20). The van der Waals surface area contributed by atoms with Gasteiger partial charge in [-0.05, 0) is 61.8 Å². The van der Waals surface area contributed by atoms with E-state index in [9.17, 15) is 9.90 Å².